The molecule has 0 bridgehead atoms. The number of H-pyrrole nitrogens is 1. The van der Waals surface area contributed by atoms with Crippen LogP contribution in [0, 0.1) is 0 Å². The SMILES string of the molecule is COc1cccc2[nH]c(=O)n(CCC[C@@H]3CN(c4ccc5c(c4)NC(=O)CS5)C(=O)O3)c(=O)c12. The van der Waals surface area contributed by atoms with E-state index in [1.165, 1.54) is 23.8 Å². The summed E-state index contributed by atoms with van der Waals surface area (Å²) in [6.07, 6.45) is 0.101. The number of amides is 2. The molecule has 3 heterocycles. The molecule has 1 fully saturated rings. The zero-order chi connectivity index (χ0) is 23.8. The maximum absolute atomic E-state index is 12.9. The Hall–Kier alpha value is -3.73. The van der Waals surface area contributed by atoms with Crippen LogP contribution < -0.4 is 26.2 Å². The summed E-state index contributed by atoms with van der Waals surface area (Å²) in [7, 11) is 1.47. The number of anilines is 2. The van der Waals surface area contributed by atoms with Gasteiger partial charge in [-0.05, 0) is 43.2 Å². The molecule has 5 rings (SSSR count). The molecule has 1 saturated heterocycles. The summed E-state index contributed by atoms with van der Waals surface area (Å²) in [6.45, 7) is 0.522. The molecule has 2 aromatic carbocycles. The number of carbonyl (C=O) groups excluding carboxylic acids is 2. The average Bonchev–Trinajstić information content (AvgIpc) is 3.20. The normalized spacial score (nSPS) is 17.4. The molecule has 1 aromatic heterocycles. The molecule has 2 aliphatic heterocycles. The number of hydrogen-bond donors (Lipinski definition) is 2. The Morgan fingerprint density at radius 2 is 2.03 bits per heavy atom. The van der Waals surface area contributed by atoms with E-state index in [4.69, 9.17) is 9.47 Å². The van der Waals surface area contributed by atoms with Crippen LogP contribution in [0.2, 0.25) is 0 Å². The lowest BCUT2D eigenvalue weighted by molar-refractivity contribution is -0.113. The third-order valence-corrected chi connectivity index (χ3v) is 6.96. The zero-order valence-corrected chi connectivity index (χ0v) is 19.1. The maximum Gasteiger partial charge on any atom is 0.414 e. The quantitative estimate of drug-likeness (QED) is 0.554. The summed E-state index contributed by atoms with van der Waals surface area (Å²) in [5.41, 5.74) is 0.828. The van der Waals surface area contributed by atoms with Gasteiger partial charge < -0.3 is 19.8 Å². The fourth-order valence-corrected chi connectivity index (χ4v) is 5.03. The summed E-state index contributed by atoms with van der Waals surface area (Å²) in [6, 6.07) is 10.5. The molecule has 34 heavy (non-hydrogen) atoms. The standard InChI is InChI=1S/C23H22N4O6S/c1-32-17-6-2-5-15-20(17)21(29)26(22(30)25-15)9-3-4-14-11-27(23(31)33-14)13-7-8-18-16(10-13)24-19(28)12-34-18/h2,5-8,10,14H,3-4,9,11-12H2,1H3,(H,24,28)(H,25,30)/t14-/m1/s1. The van der Waals surface area contributed by atoms with Crippen LogP contribution in [0.5, 0.6) is 5.75 Å². The number of rotatable bonds is 6. The summed E-state index contributed by atoms with van der Waals surface area (Å²) in [5.74, 6) is 0.691. The molecule has 0 unspecified atom stereocenters. The second-order valence-electron chi connectivity index (χ2n) is 8.05. The molecule has 0 spiro atoms. The van der Waals surface area contributed by atoms with Gasteiger partial charge in [-0.2, -0.15) is 0 Å². The van der Waals surface area contributed by atoms with Gasteiger partial charge in [-0.25, -0.2) is 9.59 Å². The predicted molar refractivity (Wildman–Crippen MR) is 128 cm³/mol. The van der Waals surface area contributed by atoms with Crippen molar-refractivity contribution in [2.45, 2.75) is 30.4 Å². The van der Waals surface area contributed by atoms with Gasteiger partial charge in [-0.1, -0.05) is 6.07 Å². The van der Waals surface area contributed by atoms with Crippen molar-refractivity contribution in [2.24, 2.45) is 0 Å². The first-order valence-electron chi connectivity index (χ1n) is 10.8. The van der Waals surface area contributed by atoms with Crippen molar-refractivity contribution in [3.8, 4) is 5.75 Å². The molecule has 10 nitrogen and oxygen atoms in total. The van der Waals surface area contributed by atoms with Gasteiger partial charge in [0.15, 0.2) is 0 Å². The number of thioether (sulfide) groups is 1. The number of nitrogens with one attached hydrogen (secondary N) is 2. The third-order valence-electron chi connectivity index (χ3n) is 5.88. The van der Waals surface area contributed by atoms with Crippen LogP contribution in [-0.2, 0) is 16.1 Å². The highest BCUT2D eigenvalue weighted by Crippen LogP contribution is 2.35. The molecule has 2 amide bonds. The Labute approximate surface area is 197 Å². The highest BCUT2D eigenvalue weighted by atomic mass is 32.2. The van der Waals surface area contributed by atoms with Gasteiger partial charge in [0.05, 0.1) is 30.6 Å². The molecule has 0 radical (unpaired) electrons. The highest BCUT2D eigenvalue weighted by molar-refractivity contribution is 8.00. The smallest absolute Gasteiger partial charge is 0.414 e. The van der Waals surface area contributed by atoms with Crippen LogP contribution in [0.25, 0.3) is 10.9 Å². The lowest BCUT2D eigenvalue weighted by atomic mass is 10.1. The van der Waals surface area contributed by atoms with Gasteiger partial charge >= 0.3 is 11.8 Å². The van der Waals surface area contributed by atoms with Crippen LogP contribution in [0.1, 0.15) is 12.8 Å². The Morgan fingerprint density at radius 1 is 1.18 bits per heavy atom. The molecule has 0 aliphatic carbocycles. The first-order chi connectivity index (χ1) is 16.4. The van der Waals surface area contributed by atoms with Gasteiger partial charge in [0.25, 0.3) is 5.56 Å². The number of nitrogens with zero attached hydrogens (tertiary/aromatic N) is 2. The first kappa shape index (κ1) is 22.1. The fourth-order valence-electron chi connectivity index (χ4n) is 4.24. The van der Waals surface area contributed by atoms with E-state index in [-0.39, 0.29) is 18.6 Å². The van der Waals surface area contributed by atoms with E-state index in [1.807, 2.05) is 12.1 Å². The number of ether oxygens (including phenoxy) is 2. The molecule has 0 saturated carbocycles. The third kappa shape index (κ3) is 4.03. The molecule has 2 aliphatic rings. The Kier molecular flexibility index (Phi) is 5.78. The number of cyclic esters (lactones) is 1. The molecule has 1 atom stereocenters. The summed E-state index contributed by atoms with van der Waals surface area (Å²) in [4.78, 5) is 54.7. The largest absolute Gasteiger partial charge is 0.496 e. The van der Waals surface area contributed by atoms with E-state index in [2.05, 4.69) is 10.3 Å². The van der Waals surface area contributed by atoms with Gasteiger partial charge in [-0.3, -0.25) is 19.1 Å². The van der Waals surface area contributed by atoms with E-state index < -0.39 is 17.3 Å². The lowest BCUT2D eigenvalue weighted by Crippen LogP contribution is -2.35. The number of aromatic amines is 1. The van der Waals surface area contributed by atoms with Crippen molar-refractivity contribution in [1.82, 2.24) is 9.55 Å². The van der Waals surface area contributed by atoms with Crippen LogP contribution >= 0.6 is 11.8 Å². The lowest BCUT2D eigenvalue weighted by Gasteiger charge is -2.20. The monoisotopic (exact) mass is 482 g/mol. The molecule has 11 heteroatoms. The number of fused-ring (bicyclic) bond motifs is 2. The van der Waals surface area contributed by atoms with E-state index in [0.717, 1.165) is 9.46 Å². The van der Waals surface area contributed by atoms with Crippen LogP contribution in [-0.4, -0.2) is 47.1 Å². The highest BCUT2D eigenvalue weighted by Gasteiger charge is 2.32. The predicted octanol–water partition coefficient (Wildman–Crippen LogP) is 2.55. The van der Waals surface area contributed by atoms with E-state index in [0.29, 0.717) is 53.2 Å². The van der Waals surface area contributed by atoms with E-state index in [1.54, 1.807) is 24.3 Å². The van der Waals surface area contributed by atoms with Gasteiger partial charge in [0, 0.05) is 17.1 Å². The number of hydrogen-bond acceptors (Lipinski definition) is 7. The number of methoxy groups -OCH3 is 1. The molecule has 2 N–H and O–H groups in total. The minimum Gasteiger partial charge on any atom is -0.496 e. The zero-order valence-electron chi connectivity index (χ0n) is 18.3. The Balaban J connectivity index is 1.27. The van der Waals surface area contributed by atoms with Crippen molar-refractivity contribution < 1.29 is 19.1 Å². The van der Waals surface area contributed by atoms with Crippen molar-refractivity contribution in [3.05, 3.63) is 57.2 Å². The van der Waals surface area contributed by atoms with Crippen molar-refractivity contribution in [2.75, 3.05) is 29.6 Å². The fraction of sp³-hybridized carbons (Fsp3) is 0.304. The minimum absolute atomic E-state index is 0.0759. The number of aromatic nitrogens is 2. The second kappa shape index (κ2) is 8.90. The molecule has 176 valence electrons. The van der Waals surface area contributed by atoms with Gasteiger partial charge in [0.1, 0.15) is 17.2 Å². The summed E-state index contributed by atoms with van der Waals surface area (Å²) in [5, 5.41) is 3.14. The van der Waals surface area contributed by atoms with Crippen LogP contribution in [0.4, 0.5) is 16.2 Å². The average molecular weight is 483 g/mol. The maximum atomic E-state index is 12.9. The Morgan fingerprint density at radius 3 is 2.85 bits per heavy atom. The Bertz CT molecular complexity index is 1410. The molecular formula is C23H22N4O6S. The summed E-state index contributed by atoms with van der Waals surface area (Å²) < 4.78 is 11.9. The van der Waals surface area contributed by atoms with E-state index >= 15 is 0 Å². The van der Waals surface area contributed by atoms with Crippen molar-refractivity contribution in [3.63, 3.8) is 0 Å². The minimum atomic E-state index is -0.496. The molecular weight excluding hydrogens is 460 g/mol. The first-order valence-corrected chi connectivity index (χ1v) is 11.8. The van der Waals surface area contributed by atoms with Crippen molar-refractivity contribution >= 4 is 46.0 Å². The topological polar surface area (TPSA) is 123 Å². The van der Waals surface area contributed by atoms with Crippen LogP contribution in [0.3, 0.4) is 0 Å². The summed E-state index contributed by atoms with van der Waals surface area (Å²) >= 11 is 1.45. The number of benzene rings is 2. The van der Waals surface area contributed by atoms with Gasteiger partial charge in [-0.15, -0.1) is 11.8 Å². The second-order valence-corrected chi connectivity index (χ2v) is 9.06. The van der Waals surface area contributed by atoms with Crippen molar-refractivity contribution in [1.29, 1.82) is 0 Å². The molecule has 3 aromatic rings. The van der Waals surface area contributed by atoms with Gasteiger partial charge in [0.2, 0.25) is 5.91 Å². The van der Waals surface area contributed by atoms with E-state index in [9.17, 15) is 19.2 Å². The van der Waals surface area contributed by atoms with Crippen LogP contribution in [0.15, 0.2) is 50.9 Å². The number of carbonyl (C=O) groups is 2.